The number of amides is 1. The lowest BCUT2D eigenvalue weighted by molar-refractivity contribution is 0.0796. The number of hydrogen-bond acceptors (Lipinski definition) is 6. The lowest BCUT2D eigenvalue weighted by Crippen LogP contribution is -2.27. The van der Waals surface area contributed by atoms with Gasteiger partial charge in [-0.15, -0.1) is 22.7 Å². The smallest absolute Gasteiger partial charge is 0.265 e. The number of nitrogens with one attached hydrogen (secondary N) is 1. The third kappa shape index (κ3) is 4.42. The van der Waals surface area contributed by atoms with Gasteiger partial charge in [0.1, 0.15) is 14.1 Å². The molecule has 4 rings (SSSR count). The van der Waals surface area contributed by atoms with E-state index in [1.165, 1.54) is 11.3 Å². The molecule has 3 aromatic rings. The number of hydrogen-bond donors (Lipinski definition) is 1. The van der Waals surface area contributed by atoms with E-state index >= 15 is 0 Å². The number of aryl methyl sites for hydroxylation is 1. The fourth-order valence-corrected chi connectivity index (χ4v) is 6.52. The van der Waals surface area contributed by atoms with Gasteiger partial charge in [-0.25, -0.2) is 18.1 Å². The molecule has 6 nitrogen and oxygen atoms in total. The van der Waals surface area contributed by atoms with Crippen LogP contribution in [0.4, 0.5) is 0 Å². The van der Waals surface area contributed by atoms with Gasteiger partial charge in [0.2, 0.25) is 10.0 Å². The van der Waals surface area contributed by atoms with E-state index < -0.39 is 10.0 Å². The van der Waals surface area contributed by atoms with Crippen molar-refractivity contribution in [3.8, 4) is 10.6 Å². The summed E-state index contributed by atoms with van der Waals surface area (Å²) in [6.45, 7) is 3.65. The van der Waals surface area contributed by atoms with Crippen molar-refractivity contribution in [3.05, 3.63) is 57.9 Å². The molecule has 1 aromatic carbocycles. The van der Waals surface area contributed by atoms with E-state index in [0.29, 0.717) is 15.6 Å². The van der Waals surface area contributed by atoms with Crippen molar-refractivity contribution < 1.29 is 13.2 Å². The first-order valence-electron chi connectivity index (χ1n) is 9.33. The molecular weight excluding hydrogens is 426 g/mol. The van der Waals surface area contributed by atoms with E-state index in [9.17, 15) is 13.2 Å². The van der Waals surface area contributed by atoms with Crippen molar-refractivity contribution in [1.29, 1.82) is 0 Å². The second-order valence-corrected chi connectivity index (χ2v) is 10.8. The predicted octanol–water partition coefficient (Wildman–Crippen LogP) is 3.89. The summed E-state index contributed by atoms with van der Waals surface area (Å²) in [6.07, 6.45) is 2.08. The molecule has 1 fully saturated rings. The van der Waals surface area contributed by atoms with Crippen molar-refractivity contribution in [1.82, 2.24) is 14.6 Å². The number of carbonyl (C=O) groups excluding carboxylic acids is 1. The molecule has 0 unspecified atom stereocenters. The monoisotopic (exact) mass is 447 g/mol. The number of carbonyl (C=O) groups is 1. The van der Waals surface area contributed by atoms with Gasteiger partial charge in [-0.1, -0.05) is 30.3 Å². The third-order valence-corrected chi connectivity index (χ3v) is 8.82. The summed E-state index contributed by atoms with van der Waals surface area (Å²) in [5.74, 6) is 0.0244. The minimum absolute atomic E-state index is 0.0244. The summed E-state index contributed by atoms with van der Waals surface area (Å²) in [5.41, 5.74) is 2.32. The van der Waals surface area contributed by atoms with Gasteiger partial charge in [-0.2, -0.15) is 0 Å². The molecule has 152 valence electrons. The minimum Gasteiger partial charge on any atom is -0.338 e. The number of thiophene rings is 1. The maximum absolute atomic E-state index is 12.7. The van der Waals surface area contributed by atoms with Crippen molar-refractivity contribution in [2.24, 2.45) is 0 Å². The van der Waals surface area contributed by atoms with Crippen LogP contribution in [0.25, 0.3) is 10.6 Å². The third-order valence-electron chi connectivity index (χ3n) is 4.78. The Hall–Kier alpha value is -2.07. The Morgan fingerprint density at radius 1 is 1.21 bits per heavy atom. The lowest BCUT2D eigenvalue weighted by Gasteiger charge is -2.13. The SMILES string of the molecule is Cc1nc(-c2csc(S(=O)(=O)NCc3ccccc3)c2)sc1C(=O)N1CCCC1. The Morgan fingerprint density at radius 2 is 1.93 bits per heavy atom. The highest BCUT2D eigenvalue weighted by Gasteiger charge is 2.25. The number of sulfonamides is 1. The molecule has 0 radical (unpaired) electrons. The largest absolute Gasteiger partial charge is 0.338 e. The van der Waals surface area contributed by atoms with Crippen LogP contribution in [0, 0.1) is 6.92 Å². The summed E-state index contributed by atoms with van der Waals surface area (Å²) < 4.78 is 28.1. The molecule has 0 aliphatic carbocycles. The molecule has 0 saturated carbocycles. The highest BCUT2D eigenvalue weighted by Crippen LogP contribution is 2.33. The molecule has 1 N–H and O–H groups in total. The van der Waals surface area contributed by atoms with Gasteiger partial charge in [0, 0.05) is 30.6 Å². The van der Waals surface area contributed by atoms with Crippen LogP contribution in [0.2, 0.25) is 0 Å². The van der Waals surface area contributed by atoms with E-state index in [1.54, 1.807) is 11.4 Å². The van der Waals surface area contributed by atoms with Crippen molar-refractivity contribution in [2.75, 3.05) is 13.1 Å². The van der Waals surface area contributed by atoms with Crippen LogP contribution < -0.4 is 4.72 Å². The summed E-state index contributed by atoms with van der Waals surface area (Å²) in [5, 5.41) is 2.45. The average Bonchev–Trinajstić information content (AvgIpc) is 3.47. The van der Waals surface area contributed by atoms with Crippen LogP contribution in [0.5, 0.6) is 0 Å². The Bertz CT molecular complexity index is 1110. The second-order valence-electron chi connectivity index (χ2n) is 6.90. The zero-order chi connectivity index (χ0) is 20.4. The molecule has 0 atom stereocenters. The highest BCUT2D eigenvalue weighted by molar-refractivity contribution is 7.91. The average molecular weight is 448 g/mol. The van der Waals surface area contributed by atoms with E-state index in [1.807, 2.05) is 42.2 Å². The van der Waals surface area contributed by atoms with Crippen molar-refractivity contribution in [2.45, 2.75) is 30.5 Å². The van der Waals surface area contributed by atoms with Crippen LogP contribution in [0.3, 0.4) is 0 Å². The van der Waals surface area contributed by atoms with E-state index in [2.05, 4.69) is 9.71 Å². The van der Waals surface area contributed by atoms with E-state index in [0.717, 1.165) is 48.4 Å². The van der Waals surface area contributed by atoms with Crippen LogP contribution in [-0.4, -0.2) is 37.3 Å². The number of likely N-dealkylation sites (tertiary alicyclic amines) is 1. The van der Waals surface area contributed by atoms with Crippen molar-refractivity contribution >= 4 is 38.6 Å². The maximum atomic E-state index is 12.7. The lowest BCUT2D eigenvalue weighted by atomic mass is 10.2. The Kier molecular flexibility index (Phi) is 5.82. The fraction of sp³-hybridized carbons (Fsp3) is 0.300. The van der Waals surface area contributed by atoms with Gasteiger partial charge in [0.05, 0.1) is 5.69 Å². The van der Waals surface area contributed by atoms with Gasteiger partial charge < -0.3 is 4.90 Å². The molecule has 0 bridgehead atoms. The molecule has 9 heteroatoms. The summed E-state index contributed by atoms with van der Waals surface area (Å²) in [7, 11) is -3.61. The number of nitrogens with zero attached hydrogens (tertiary/aromatic N) is 2. The van der Waals surface area contributed by atoms with Crippen LogP contribution in [-0.2, 0) is 16.6 Å². The van der Waals surface area contributed by atoms with Gasteiger partial charge >= 0.3 is 0 Å². The van der Waals surface area contributed by atoms with E-state index in [-0.39, 0.29) is 16.7 Å². The minimum atomic E-state index is -3.61. The molecule has 1 amide bonds. The summed E-state index contributed by atoms with van der Waals surface area (Å²) in [4.78, 5) is 19.7. The second kappa shape index (κ2) is 8.35. The van der Waals surface area contributed by atoms with Gasteiger partial charge in [-0.05, 0) is 31.4 Å². The number of benzene rings is 1. The predicted molar refractivity (Wildman–Crippen MR) is 116 cm³/mol. The zero-order valence-electron chi connectivity index (χ0n) is 15.9. The molecule has 29 heavy (non-hydrogen) atoms. The normalized spacial score (nSPS) is 14.4. The Morgan fingerprint density at radius 3 is 2.66 bits per heavy atom. The number of rotatable bonds is 6. The standard InChI is InChI=1S/C20H21N3O3S3/c1-14-18(20(24)23-9-5-6-10-23)28-19(22-14)16-11-17(27-13-16)29(25,26)21-12-15-7-3-2-4-8-15/h2-4,7-8,11,13,21H,5-6,9-10,12H2,1H3. The van der Waals surface area contributed by atoms with Crippen LogP contribution >= 0.6 is 22.7 Å². The highest BCUT2D eigenvalue weighted by atomic mass is 32.2. The van der Waals surface area contributed by atoms with Gasteiger partial charge in [-0.3, -0.25) is 4.79 Å². The molecule has 1 aliphatic rings. The first-order chi connectivity index (χ1) is 13.9. The topological polar surface area (TPSA) is 79.4 Å². The maximum Gasteiger partial charge on any atom is 0.265 e. The van der Waals surface area contributed by atoms with Gasteiger partial charge in [0.25, 0.3) is 5.91 Å². The number of aromatic nitrogens is 1. The first-order valence-corrected chi connectivity index (χ1v) is 12.5. The molecule has 1 aliphatic heterocycles. The number of thiazole rings is 1. The molecule has 1 saturated heterocycles. The van der Waals surface area contributed by atoms with Gasteiger partial charge in [0.15, 0.2) is 0 Å². The fourth-order valence-electron chi connectivity index (χ4n) is 3.20. The first kappa shape index (κ1) is 20.2. The Balaban J connectivity index is 1.51. The molecule has 2 aromatic heterocycles. The Labute approximate surface area is 178 Å². The van der Waals surface area contributed by atoms with E-state index in [4.69, 9.17) is 0 Å². The molecule has 3 heterocycles. The summed E-state index contributed by atoms with van der Waals surface area (Å²) >= 11 is 2.49. The van der Waals surface area contributed by atoms with Crippen LogP contribution in [0.15, 0.2) is 46.0 Å². The van der Waals surface area contributed by atoms with Crippen LogP contribution in [0.1, 0.15) is 33.8 Å². The quantitative estimate of drug-likeness (QED) is 0.622. The zero-order valence-corrected chi connectivity index (χ0v) is 18.4. The molecule has 0 spiro atoms. The van der Waals surface area contributed by atoms with Crippen molar-refractivity contribution in [3.63, 3.8) is 0 Å². The molecular formula is C20H21N3O3S3. The summed E-state index contributed by atoms with van der Waals surface area (Å²) in [6, 6.07) is 11.0.